The van der Waals surface area contributed by atoms with Crippen molar-refractivity contribution in [3.63, 3.8) is 0 Å². The van der Waals surface area contributed by atoms with Gasteiger partial charge in [-0.3, -0.25) is 0 Å². The lowest BCUT2D eigenvalue weighted by Crippen LogP contribution is -2.23. The topological polar surface area (TPSA) is 12.0 Å². The maximum atomic E-state index is 13.5. The molecule has 4 heteroatoms. The molecule has 0 aliphatic heterocycles. The summed E-state index contributed by atoms with van der Waals surface area (Å²) in [6, 6.07) is 13.0. The van der Waals surface area contributed by atoms with E-state index in [-0.39, 0.29) is 11.9 Å². The van der Waals surface area contributed by atoms with Gasteiger partial charge in [0.1, 0.15) is 5.82 Å². The van der Waals surface area contributed by atoms with Crippen LogP contribution in [0.3, 0.4) is 0 Å². The van der Waals surface area contributed by atoms with Crippen molar-refractivity contribution in [1.82, 2.24) is 5.32 Å². The normalized spacial score (nSPS) is 12.4. The standard InChI is InChI=1S/C16H16BrFIN/c1-2-8-20-16(11-4-3-5-12(18)9-11)14-10-13(19)6-7-15(14)17/h3-7,9-10,16,20H,2,8H2,1H3. The van der Waals surface area contributed by atoms with Crippen LogP contribution in [0.15, 0.2) is 46.9 Å². The minimum atomic E-state index is -0.201. The van der Waals surface area contributed by atoms with Crippen molar-refractivity contribution in [2.75, 3.05) is 6.54 Å². The van der Waals surface area contributed by atoms with E-state index in [2.05, 4.69) is 62.9 Å². The van der Waals surface area contributed by atoms with Gasteiger partial charge in [-0.1, -0.05) is 35.0 Å². The van der Waals surface area contributed by atoms with Gasteiger partial charge in [0.25, 0.3) is 0 Å². The number of hydrogen-bond donors (Lipinski definition) is 1. The molecule has 1 atom stereocenters. The highest BCUT2D eigenvalue weighted by Crippen LogP contribution is 2.30. The van der Waals surface area contributed by atoms with Crippen molar-refractivity contribution in [2.45, 2.75) is 19.4 Å². The third-order valence-corrected chi connectivity index (χ3v) is 4.44. The second kappa shape index (κ2) is 7.52. The van der Waals surface area contributed by atoms with Gasteiger partial charge in [0.15, 0.2) is 0 Å². The van der Waals surface area contributed by atoms with E-state index in [4.69, 9.17) is 0 Å². The van der Waals surface area contributed by atoms with Gasteiger partial charge in [-0.25, -0.2) is 4.39 Å². The van der Waals surface area contributed by atoms with Gasteiger partial charge in [-0.15, -0.1) is 0 Å². The first-order valence-electron chi connectivity index (χ1n) is 6.55. The van der Waals surface area contributed by atoms with E-state index in [0.717, 1.165) is 28.6 Å². The first-order valence-corrected chi connectivity index (χ1v) is 8.42. The van der Waals surface area contributed by atoms with E-state index in [1.54, 1.807) is 12.1 Å². The summed E-state index contributed by atoms with van der Waals surface area (Å²) in [7, 11) is 0. The van der Waals surface area contributed by atoms with Crippen LogP contribution in [-0.4, -0.2) is 6.54 Å². The Morgan fingerprint density at radius 1 is 1.25 bits per heavy atom. The SMILES string of the molecule is CCCNC(c1cccc(F)c1)c1cc(I)ccc1Br. The fourth-order valence-electron chi connectivity index (χ4n) is 2.12. The van der Waals surface area contributed by atoms with E-state index in [0.29, 0.717) is 0 Å². The summed E-state index contributed by atoms with van der Waals surface area (Å²) >= 11 is 5.90. The van der Waals surface area contributed by atoms with Crippen molar-refractivity contribution in [1.29, 1.82) is 0 Å². The van der Waals surface area contributed by atoms with Crippen molar-refractivity contribution in [2.24, 2.45) is 0 Å². The minimum absolute atomic E-state index is 0.00487. The van der Waals surface area contributed by atoms with Crippen molar-refractivity contribution < 1.29 is 4.39 Å². The summed E-state index contributed by atoms with van der Waals surface area (Å²) in [6.07, 6.45) is 1.04. The van der Waals surface area contributed by atoms with Crippen LogP contribution >= 0.6 is 38.5 Å². The molecular weight excluding hydrogens is 432 g/mol. The monoisotopic (exact) mass is 447 g/mol. The summed E-state index contributed by atoms with van der Waals surface area (Å²) in [4.78, 5) is 0. The molecule has 0 saturated heterocycles. The predicted octanol–water partition coefficient (Wildman–Crippen LogP) is 5.28. The summed E-state index contributed by atoms with van der Waals surface area (Å²) in [6.45, 7) is 3.01. The molecule has 0 bridgehead atoms. The molecule has 0 amide bonds. The van der Waals surface area contributed by atoms with Crippen LogP contribution in [0, 0.1) is 9.39 Å². The highest BCUT2D eigenvalue weighted by Gasteiger charge is 2.17. The molecule has 0 aliphatic rings. The van der Waals surface area contributed by atoms with E-state index in [1.807, 2.05) is 12.1 Å². The minimum Gasteiger partial charge on any atom is -0.306 e. The maximum absolute atomic E-state index is 13.5. The van der Waals surface area contributed by atoms with Crippen LogP contribution in [0.5, 0.6) is 0 Å². The molecule has 20 heavy (non-hydrogen) atoms. The Morgan fingerprint density at radius 3 is 2.75 bits per heavy atom. The zero-order chi connectivity index (χ0) is 14.5. The number of nitrogens with one attached hydrogen (secondary N) is 1. The molecule has 0 fully saturated rings. The number of hydrogen-bond acceptors (Lipinski definition) is 1. The van der Waals surface area contributed by atoms with Crippen LogP contribution < -0.4 is 5.32 Å². The highest BCUT2D eigenvalue weighted by molar-refractivity contribution is 14.1. The van der Waals surface area contributed by atoms with Crippen LogP contribution in [0.2, 0.25) is 0 Å². The predicted molar refractivity (Wildman–Crippen MR) is 93.4 cm³/mol. The largest absolute Gasteiger partial charge is 0.306 e. The van der Waals surface area contributed by atoms with E-state index in [1.165, 1.54) is 9.64 Å². The highest BCUT2D eigenvalue weighted by atomic mass is 127. The van der Waals surface area contributed by atoms with Crippen LogP contribution in [0.4, 0.5) is 4.39 Å². The van der Waals surface area contributed by atoms with Crippen molar-refractivity contribution >= 4 is 38.5 Å². The molecule has 0 radical (unpaired) electrons. The zero-order valence-electron chi connectivity index (χ0n) is 11.2. The molecule has 0 aromatic heterocycles. The molecular formula is C16H16BrFIN. The second-order valence-corrected chi connectivity index (χ2v) is 6.71. The van der Waals surface area contributed by atoms with Gasteiger partial charge in [-0.2, -0.15) is 0 Å². The average molecular weight is 448 g/mol. The van der Waals surface area contributed by atoms with Crippen molar-refractivity contribution in [3.8, 4) is 0 Å². The molecule has 1 nitrogen and oxygen atoms in total. The number of rotatable bonds is 5. The summed E-state index contributed by atoms with van der Waals surface area (Å²) in [5.74, 6) is -0.201. The Balaban J connectivity index is 2.44. The number of benzene rings is 2. The molecule has 1 N–H and O–H groups in total. The Kier molecular flexibility index (Phi) is 5.99. The maximum Gasteiger partial charge on any atom is 0.123 e. The molecule has 1 unspecified atom stereocenters. The molecule has 2 aromatic rings. The van der Waals surface area contributed by atoms with E-state index < -0.39 is 0 Å². The Hall–Kier alpha value is -0.460. The van der Waals surface area contributed by atoms with Gasteiger partial charge in [0.05, 0.1) is 6.04 Å². The van der Waals surface area contributed by atoms with Crippen molar-refractivity contribution in [3.05, 3.63) is 67.5 Å². The quantitative estimate of drug-likeness (QED) is 0.614. The Morgan fingerprint density at radius 2 is 2.05 bits per heavy atom. The molecule has 2 aromatic carbocycles. The lowest BCUT2D eigenvalue weighted by atomic mass is 9.98. The van der Waals surface area contributed by atoms with Crippen LogP contribution in [0.25, 0.3) is 0 Å². The molecule has 0 saturated carbocycles. The summed E-state index contributed by atoms with van der Waals surface area (Å²) in [5, 5.41) is 3.50. The first kappa shape index (κ1) is 15.9. The number of halogens is 3. The van der Waals surface area contributed by atoms with Crippen LogP contribution in [0.1, 0.15) is 30.5 Å². The molecule has 0 spiro atoms. The van der Waals surface area contributed by atoms with Gasteiger partial charge in [0, 0.05) is 8.04 Å². The third-order valence-electron chi connectivity index (χ3n) is 3.05. The van der Waals surface area contributed by atoms with E-state index in [9.17, 15) is 4.39 Å². The van der Waals surface area contributed by atoms with Crippen LogP contribution in [-0.2, 0) is 0 Å². The Bertz CT molecular complexity index is 588. The van der Waals surface area contributed by atoms with Gasteiger partial charge in [-0.05, 0) is 77.0 Å². The van der Waals surface area contributed by atoms with Gasteiger partial charge >= 0.3 is 0 Å². The van der Waals surface area contributed by atoms with E-state index >= 15 is 0 Å². The lowest BCUT2D eigenvalue weighted by molar-refractivity contribution is 0.584. The fourth-order valence-corrected chi connectivity index (χ4v) is 3.11. The van der Waals surface area contributed by atoms with Gasteiger partial charge in [0.2, 0.25) is 0 Å². The molecule has 2 rings (SSSR count). The second-order valence-electron chi connectivity index (χ2n) is 4.61. The lowest BCUT2D eigenvalue weighted by Gasteiger charge is -2.21. The smallest absolute Gasteiger partial charge is 0.123 e. The first-order chi connectivity index (χ1) is 9.61. The molecule has 106 valence electrons. The zero-order valence-corrected chi connectivity index (χ0v) is 14.9. The fraction of sp³-hybridized carbons (Fsp3) is 0.250. The third kappa shape index (κ3) is 4.02. The Labute approximate surface area is 141 Å². The molecule has 0 aliphatic carbocycles. The van der Waals surface area contributed by atoms with Gasteiger partial charge < -0.3 is 5.32 Å². The summed E-state index contributed by atoms with van der Waals surface area (Å²) < 4.78 is 15.7. The average Bonchev–Trinajstić information content (AvgIpc) is 2.43. The molecule has 0 heterocycles. The summed E-state index contributed by atoms with van der Waals surface area (Å²) in [5.41, 5.74) is 2.08.